The van der Waals surface area contributed by atoms with Crippen molar-refractivity contribution in [2.75, 3.05) is 20.4 Å². The molecule has 0 aliphatic carbocycles. The summed E-state index contributed by atoms with van der Waals surface area (Å²) < 4.78 is 25.0. The first-order chi connectivity index (χ1) is 12.7. The van der Waals surface area contributed by atoms with Gasteiger partial charge in [0.25, 0.3) is 5.91 Å². The van der Waals surface area contributed by atoms with Gasteiger partial charge in [0.15, 0.2) is 11.5 Å². The van der Waals surface area contributed by atoms with E-state index in [-0.39, 0.29) is 31.1 Å². The second kappa shape index (κ2) is 6.76. The summed E-state index contributed by atoms with van der Waals surface area (Å²) in [7, 11) is 1.70. The summed E-state index contributed by atoms with van der Waals surface area (Å²) >= 11 is 0. The number of carbonyl (C=O) groups excluding carboxylic acids is 1. The van der Waals surface area contributed by atoms with Crippen molar-refractivity contribution >= 4 is 11.6 Å². The van der Waals surface area contributed by atoms with Gasteiger partial charge in [0.1, 0.15) is 5.82 Å². The Kier molecular flexibility index (Phi) is 4.30. The highest BCUT2D eigenvalue weighted by Gasteiger charge is 2.34. The van der Waals surface area contributed by atoms with E-state index >= 15 is 0 Å². The quantitative estimate of drug-likeness (QED) is 0.915. The van der Waals surface area contributed by atoms with Crippen molar-refractivity contribution in [2.45, 2.75) is 12.5 Å². The van der Waals surface area contributed by atoms with E-state index in [1.807, 2.05) is 18.2 Å². The van der Waals surface area contributed by atoms with Crippen molar-refractivity contribution in [1.82, 2.24) is 10.3 Å². The zero-order chi connectivity index (χ0) is 18.1. The largest absolute Gasteiger partial charge is 0.454 e. The van der Waals surface area contributed by atoms with Crippen LogP contribution in [-0.2, 0) is 4.79 Å². The fraction of sp³-hybridized carbons (Fsp3) is 0.263. The zero-order valence-corrected chi connectivity index (χ0v) is 14.2. The molecular weight excluding hydrogens is 337 g/mol. The molecule has 2 aromatic carbocycles. The molecule has 0 saturated carbocycles. The van der Waals surface area contributed by atoms with Gasteiger partial charge in [-0.25, -0.2) is 9.40 Å². The molecule has 6 nitrogen and oxygen atoms in total. The van der Waals surface area contributed by atoms with Gasteiger partial charge < -0.3 is 14.8 Å². The lowest BCUT2D eigenvalue weighted by atomic mass is 9.98. The summed E-state index contributed by atoms with van der Waals surface area (Å²) in [5, 5.41) is 8.71. The predicted molar refractivity (Wildman–Crippen MR) is 93.6 cm³/mol. The maximum atomic E-state index is 14.2. The van der Waals surface area contributed by atoms with Crippen LogP contribution in [0, 0.1) is 5.82 Å². The number of nitrogens with zero attached hydrogens (tertiary/aromatic N) is 2. The van der Waals surface area contributed by atoms with Crippen molar-refractivity contribution < 1.29 is 18.7 Å². The molecule has 0 spiro atoms. The Labute approximate surface area is 150 Å². The number of likely N-dealkylation sites (N-methyl/N-ethyl adjacent to an activating group) is 1. The minimum Gasteiger partial charge on any atom is -0.454 e. The van der Waals surface area contributed by atoms with Gasteiger partial charge in [-0.1, -0.05) is 24.3 Å². The van der Waals surface area contributed by atoms with Crippen LogP contribution in [0.2, 0.25) is 0 Å². The second-order valence-electron chi connectivity index (χ2n) is 6.13. The number of hydrazone groups is 1. The fourth-order valence-electron chi connectivity index (χ4n) is 3.21. The molecule has 2 aromatic rings. The molecule has 0 saturated heterocycles. The number of hydrogen-bond acceptors (Lipinski definition) is 5. The highest BCUT2D eigenvalue weighted by molar-refractivity contribution is 6.03. The standard InChI is InChI=1S/C19H18FN3O3/c1-21-10-19(24)23-16(12-6-7-17-18(8-12)26-11-25-17)9-15(22-23)13-4-2-3-5-14(13)20/h2-8,16,21H,9-11H2,1H3. The van der Waals surface area contributed by atoms with Crippen molar-refractivity contribution in [2.24, 2.45) is 5.10 Å². The summed E-state index contributed by atoms with van der Waals surface area (Å²) in [6.45, 7) is 0.331. The smallest absolute Gasteiger partial charge is 0.257 e. The van der Waals surface area contributed by atoms with Crippen LogP contribution in [0.4, 0.5) is 4.39 Å². The number of nitrogens with one attached hydrogen (secondary N) is 1. The van der Waals surface area contributed by atoms with Crippen molar-refractivity contribution in [3.05, 3.63) is 59.4 Å². The van der Waals surface area contributed by atoms with Gasteiger partial charge in [-0.15, -0.1) is 0 Å². The third kappa shape index (κ3) is 2.90. The highest BCUT2D eigenvalue weighted by atomic mass is 19.1. The van der Waals surface area contributed by atoms with Crippen LogP contribution < -0.4 is 14.8 Å². The Bertz CT molecular complexity index is 884. The molecule has 0 fully saturated rings. The number of halogens is 1. The molecule has 7 heteroatoms. The maximum absolute atomic E-state index is 14.2. The molecule has 2 heterocycles. The molecule has 134 valence electrons. The van der Waals surface area contributed by atoms with Crippen LogP contribution in [0.1, 0.15) is 23.6 Å². The van der Waals surface area contributed by atoms with E-state index in [9.17, 15) is 9.18 Å². The van der Waals surface area contributed by atoms with E-state index in [0.29, 0.717) is 29.2 Å². The van der Waals surface area contributed by atoms with Crippen LogP contribution in [0.25, 0.3) is 0 Å². The molecule has 1 amide bonds. The fourth-order valence-corrected chi connectivity index (χ4v) is 3.21. The number of carbonyl (C=O) groups is 1. The minimum absolute atomic E-state index is 0.148. The number of amides is 1. The monoisotopic (exact) mass is 355 g/mol. The Balaban J connectivity index is 1.70. The summed E-state index contributed by atoms with van der Waals surface area (Å²) in [4.78, 5) is 12.5. The molecule has 4 rings (SSSR count). The van der Waals surface area contributed by atoms with Gasteiger partial charge in [-0.2, -0.15) is 5.10 Å². The Morgan fingerprint density at radius 1 is 1.27 bits per heavy atom. The lowest BCUT2D eigenvalue weighted by Crippen LogP contribution is -2.34. The maximum Gasteiger partial charge on any atom is 0.257 e. The molecule has 1 N–H and O–H groups in total. The molecule has 1 unspecified atom stereocenters. The van der Waals surface area contributed by atoms with Crippen molar-refractivity contribution in [3.63, 3.8) is 0 Å². The van der Waals surface area contributed by atoms with E-state index in [1.54, 1.807) is 25.2 Å². The van der Waals surface area contributed by atoms with E-state index in [4.69, 9.17) is 9.47 Å². The first kappa shape index (κ1) is 16.5. The summed E-state index contributed by atoms with van der Waals surface area (Å²) in [5.74, 6) is 0.790. The van der Waals surface area contributed by atoms with Crippen molar-refractivity contribution in [1.29, 1.82) is 0 Å². The average Bonchev–Trinajstić information content (AvgIpc) is 3.28. The first-order valence-corrected chi connectivity index (χ1v) is 8.36. The van der Waals surface area contributed by atoms with Crippen LogP contribution in [0.3, 0.4) is 0 Å². The third-order valence-electron chi connectivity index (χ3n) is 4.46. The lowest BCUT2D eigenvalue weighted by Gasteiger charge is -2.22. The Hall–Kier alpha value is -2.93. The second-order valence-corrected chi connectivity index (χ2v) is 6.13. The van der Waals surface area contributed by atoms with Gasteiger partial charge in [0.2, 0.25) is 6.79 Å². The lowest BCUT2D eigenvalue weighted by molar-refractivity contribution is -0.131. The topological polar surface area (TPSA) is 63.2 Å². The van der Waals surface area contributed by atoms with Gasteiger partial charge in [0.05, 0.1) is 18.3 Å². The minimum atomic E-state index is -0.349. The molecule has 0 radical (unpaired) electrons. The summed E-state index contributed by atoms with van der Waals surface area (Å²) in [6.07, 6.45) is 0.427. The number of fused-ring (bicyclic) bond motifs is 1. The van der Waals surface area contributed by atoms with Crippen LogP contribution in [0.15, 0.2) is 47.6 Å². The predicted octanol–water partition coefficient (Wildman–Crippen LogP) is 2.45. The molecular formula is C19H18FN3O3. The Morgan fingerprint density at radius 3 is 2.88 bits per heavy atom. The summed E-state index contributed by atoms with van der Waals surface area (Å²) in [6, 6.07) is 11.7. The van der Waals surface area contributed by atoms with Gasteiger partial charge in [-0.05, 0) is 30.8 Å². The zero-order valence-electron chi connectivity index (χ0n) is 14.2. The number of rotatable bonds is 4. The van der Waals surface area contributed by atoms with Gasteiger partial charge >= 0.3 is 0 Å². The molecule has 2 aliphatic rings. The van der Waals surface area contributed by atoms with Crippen molar-refractivity contribution in [3.8, 4) is 11.5 Å². The third-order valence-corrected chi connectivity index (χ3v) is 4.46. The normalized spacial score (nSPS) is 18.2. The summed E-state index contributed by atoms with van der Waals surface area (Å²) in [5.41, 5.74) is 1.84. The SMILES string of the molecule is CNCC(=O)N1N=C(c2ccccc2F)CC1c1ccc2c(c1)OCO2. The average molecular weight is 355 g/mol. The number of hydrogen-bond donors (Lipinski definition) is 1. The van der Waals surface area contributed by atoms with Crippen LogP contribution in [-0.4, -0.2) is 37.0 Å². The molecule has 26 heavy (non-hydrogen) atoms. The van der Waals surface area contributed by atoms with E-state index in [1.165, 1.54) is 11.1 Å². The number of benzene rings is 2. The molecule has 1 atom stereocenters. The highest BCUT2D eigenvalue weighted by Crippen LogP contribution is 2.39. The van der Waals surface area contributed by atoms with Gasteiger partial charge in [-0.3, -0.25) is 4.79 Å². The molecule has 0 aromatic heterocycles. The van der Waals surface area contributed by atoms with Crippen LogP contribution in [0.5, 0.6) is 11.5 Å². The van der Waals surface area contributed by atoms with Gasteiger partial charge in [0, 0.05) is 12.0 Å². The Morgan fingerprint density at radius 2 is 2.08 bits per heavy atom. The van der Waals surface area contributed by atoms with Crippen LogP contribution >= 0.6 is 0 Å². The van der Waals surface area contributed by atoms with E-state index in [2.05, 4.69) is 10.4 Å². The first-order valence-electron chi connectivity index (χ1n) is 8.36. The molecule has 2 aliphatic heterocycles. The molecule has 0 bridgehead atoms. The number of ether oxygens (including phenoxy) is 2. The van der Waals surface area contributed by atoms with E-state index < -0.39 is 0 Å². The van der Waals surface area contributed by atoms with E-state index in [0.717, 1.165) is 5.56 Å².